The first-order valence-electron chi connectivity index (χ1n) is 6.75. The van der Waals surface area contributed by atoms with Crippen molar-refractivity contribution >= 4 is 0 Å². The lowest BCUT2D eigenvalue weighted by molar-refractivity contribution is 0.414. The van der Waals surface area contributed by atoms with Crippen molar-refractivity contribution in [2.45, 2.75) is 25.9 Å². The Kier molecular flexibility index (Phi) is 4.74. The molecule has 106 valence electrons. The van der Waals surface area contributed by atoms with E-state index in [1.54, 1.807) is 7.11 Å². The number of methoxy groups -OCH3 is 1. The molecule has 2 rings (SSSR count). The third-order valence-corrected chi connectivity index (χ3v) is 3.49. The number of hydrogen-bond acceptors (Lipinski definition) is 2. The van der Waals surface area contributed by atoms with Crippen LogP contribution in [0.2, 0.25) is 0 Å². The lowest BCUT2D eigenvalue weighted by Crippen LogP contribution is -2.22. The van der Waals surface area contributed by atoms with E-state index in [0.29, 0.717) is 0 Å². The van der Waals surface area contributed by atoms with Gasteiger partial charge in [0.1, 0.15) is 11.6 Å². The van der Waals surface area contributed by atoms with Gasteiger partial charge in [-0.2, -0.15) is 0 Å². The number of ether oxygens (including phenoxy) is 1. The van der Waals surface area contributed by atoms with E-state index in [2.05, 4.69) is 19.2 Å². The molecule has 3 heteroatoms. The van der Waals surface area contributed by atoms with Gasteiger partial charge in [0.2, 0.25) is 0 Å². The van der Waals surface area contributed by atoms with E-state index in [9.17, 15) is 4.39 Å². The molecule has 0 aliphatic heterocycles. The second kappa shape index (κ2) is 6.53. The highest BCUT2D eigenvalue weighted by Crippen LogP contribution is 2.21. The van der Waals surface area contributed by atoms with Crippen LogP contribution in [0.25, 0.3) is 0 Å². The van der Waals surface area contributed by atoms with Gasteiger partial charge in [-0.15, -0.1) is 0 Å². The van der Waals surface area contributed by atoms with Crippen LogP contribution in [-0.4, -0.2) is 7.11 Å². The maximum absolute atomic E-state index is 12.9. The number of hydrogen-bond donors (Lipinski definition) is 1. The Balaban J connectivity index is 2.02. The Hall–Kier alpha value is -1.87. The van der Waals surface area contributed by atoms with Gasteiger partial charge in [0.25, 0.3) is 0 Å². The Morgan fingerprint density at radius 2 is 1.30 bits per heavy atom. The zero-order chi connectivity index (χ0) is 14.5. The summed E-state index contributed by atoms with van der Waals surface area (Å²) in [6.45, 7) is 4.19. The molecule has 0 heterocycles. The maximum Gasteiger partial charge on any atom is 0.123 e. The molecule has 2 atom stereocenters. The third-order valence-electron chi connectivity index (χ3n) is 3.49. The summed E-state index contributed by atoms with van der Waals surface area (Å²) in [6, 6.07) is 15.0. The molecule has 1 unspecified atom stereocenters. The van der Waals surface area contributed by atoms with Crippen molar-refractivity contribution in [3.05, 3.63) is 65.5 Å². The van der Waals surface area contributed by atoms with Crippen LogP contribution >= 0.6 is 0 Å². The van der Waals surface area contributed by atoms with Gasteiger partial charge in [0, 0.05) is 12.1 Å². The van der Waals surface area contributed by atoms with Crippen molar-refractivity contribution in [2.75, 3.05) is 7.11 Å². The molecule has 2 aromatic carbocycles. The van der Waals surface area contributed by atoms with Crippen molar-refractivity contribution in [2.24, 2.45) is 0 Å². The highest BCUT2D eigenvalue weighted by molar-refractivity contribution is 5.29. The average Bonchev–Trinajstić information content (AvgIpc) is 2.48. The zero-order valence-corrected chi connectivity index (χ0v) is 12.1. The van der Waals surface area contributed by atoms with E-state index >= 15 is 0 Å². The van der Waals surface area contributed by atoms with Crippen LogP contribution in [0.5, 0.6) is 5.75 Å². The number of benzene rings is 2. The summed E-state index contributed by atoms with van der Waals surface area (Å²) in [5.41, 5.74) is 2.27. The van der Waals surface area contributed by atoms with Crippen LogP contribution in [0.1, 0.15) is 37.1 Å². The molecule has 0 aliphatic rings. The number of halogens is 1. The fourth-order valence-corrected chi connectivity index (χ4v) is 2.21. The minimum absolute atomic E-state index is 0.160. The van der Waals surface area contributed by atoms with Gasteiger partial charge in [-0.05, 0) is 49.2 Å². The average molecular weight is 273 g/mol. The molecular formula is C17H20FNO. The Morgan fingerprint density at radius 3 is 1.75 bits per heavy atom. The zero-order valence-electron chi connectivity index (χ0n) is 12.1. The van der Waals surface area contributed by atoms with Crippen LogP contribution in [0.15, 0.2) is 48.5 Å². The summed E-state index contributed by atoms with van der Waals surface area (Å²) in [5, 5.41) is 3.51. The quantitative estimate of drug-likeness (QED) is 0.879. The van der Waals surface area contributed by atoms with Crippen molar-refractivity contribution in [3.8, 4) is 5.75 Å². The lowest BCUT2D eigenvalue weighted by atomic mass is 10.0. The molecule has 0 amide bonds. The molecule has 1 N–H and O–H groups in total. The predicted molar refractivity (Wildman–Crippen MR) is 79.4 cm³/mol. The molecule has 0 bridgehead atoms. The summed E-state index contributed by atoms with van der Waals surface area (Å²) >= 11 is 0. The molecule has 0 saturated carbocycles. The Labute approximate surface area is 119 Å². The topological polar surface area (TPSA) is 21.3 Å². The second-order valence-corrected chi connectivity index (χ2v) is 4.93. The van der Waals surface area contributed by atoms with E-state index < -0.39 is 0 Å². The Bertz CT molecular complexity index is 536. The van der Waals surface area contributed by atoms with Crippen molar-refractivity contribution < 1.29 is 9.13 Å². The smallest absolute Gasteiger partial charge is 0.123 e. The SMILES string of the molecule is COc1ccc([C@@H](C)NC(C)c2ccc(F)cc2)cc1. The third kappa shape index (κ3) is 3.58. The van der Waals surface area contributed by atoms with Crippen molar-refractivity contribution in [1.82, 2.24) is 5.32 Å². The fourth-order valence-electron chi connectivity index (χ4n) is 2.21. The van der Waals surface area contributed by atoms with Gasteiger partial charge in [-0.1, -0.05) is 24.3 Å². The number of rotatable bonds is 5. The van der Waals surface area contributed by atoms with Gasteiger partial charge in [0.05, 0.1) is 7.11 Å². The normalized spacial score (nSPS) is 13.8. The lowest BCUT2D eigenvalue weighted by Gasteiger charge is -2.21. The largest absolute Gasteiger partial charge is 0.497 e. The molecule has 2 aromatic rings. The summed E-state index contributed by atoms with van der Waals surface area (Å²) in [6.07, 6.45) is 0. The summed E-state index contributed by atoms with van der Waals surface area (Å²) in [7, 11) is 1.66. The Morgan fingerprint density at radius 1 is 0.850 bits per heavy atom. The minimum Gasteiger partial charge on any atom is -0.497 e. The van der Waals surface area contributed by atoms with Crippen molar-refractivity contribution in [1.29, 1.82) is 0 Å². The molecule has 0 aromatic heterocycles. The van der Waals surface area contributed by atoms with E-state index in [-0.39, 0.29) is 17.9 Å². The van der Waals surface area contributed by atoms with E-state index in [1.807, 2.05) is 36.4 Å². The summed E-state index contributed by atoms with van der Waals surface area (Å²) in [5.74, 6) is 0.650. The first-order chi connectivity index (χ1) is 9.60. The molecule has 0 fully saturated rings. The minimum atomic E-state index is -0.204. The van der Waals surface area contributed by atoms with E-state index in [4.69, 9.17) is 4.74 Å². The first-order valence-corrected chi connectivity index (χ1v) is 6.75. The molecule has 20 heavy (non-hydrogen) atoms. The fraction of sp³-hybridized carbons (Fsp3) is 0.294. The standard InChI is InChI=1S/C17H20FNO/c1-12(14-4-8-16(18)9-5-14)19-13(2)15-6-10-17(20-3)11-7-15/h4-13,19H,1-3H3/t12?,13-/m1/s1. The molecule has 0 radical (unpaired) electrons. The van der Waals surface area contributed by atoms with E-state index in [1.165, 1.54) is 17.7 Å². The van der Waals surface area contributed by atoms with Gasteiger partial charge in [0.15, 0.2) is 0 Å². The monoisotopic (exact) mass is 273 g/mol. The van der Waals surface area contributed by atoms with Crippen LogP contribution in [-0.2, 0) is 0 Å². The first kappa shape index (κ1) is 14.5. The molecular weight excluding hydrogens is 253 g/mol. The van der Waals surface area contributed by atoms with Crippen LogP contribution in [0, 0.1) is 5.82 Å². The van der Waals surface area contributed by atoms with Gasteiger partial charge in [-0.25, -0.2) is 4.39 Å². The van der Waals surface area contributed by atoms with Crippen LogP contribution in [0.3, 0.4) is 0 Å². The van der Waals surface area contributed by atoms with Crippen LogP contribution < -0.4 is 10.1 Å². The molecule has 2 nitrogen and oxygen atoms in total. The molecule has 0 aliphatic carbocycles. The maximum atomic E-state index is 12.9. The van der Waals surface area contributed by atoms with Crippen molar-refractivity contribution in [3.63, 3.8) is 0 Å². The highest BCUT2D eigenvalue weighted by atomic mass is 19.1. The molecule has 0 spiro atoms. The predicted octanol–water partition coefficient (Wildman–Crippen LogP) is 4.25. The number of nitrogens with one attached hydrogen (secondary N) is 1. The van der Waals surface area contributed by atoms with Gasteiger partial charge < -0.3 is 10.1 Å². The van der Waals surface area contributed by atoms with Crippen LogP contribution in [0.4, 0.5) is 4.39 Å². The summed E-state index contributed by atoms with van der Waals surface area (Å²) in [4.78, 5) is 0. The highest BCUT2D eigenvalue weighted by Gasteiger charge is 2.11. The summed E-state index contributed by atoms with van der Waals surface area (Å²) < 4.78 is 18.1. The second-order valence-electron chi connectivity index (χ2n) is 4.93. The van der Waals surface area contributed by atoms with Gasteiger partial charge >= 0.3 is 0 Å². The molecule has 0 saturated heterocycles. The van der Waals surface area contributed by atoms with E-state index in [0.717, 1.165) is 11.3 Å². The van der Waals surface area contributed by atoms with Gasteiger partial charge in [-0.3, -0.25) is 0 Å².